The monoisotopic (exact) mass is 299 g/mol. The van der Waals surface area contributed by atoms with Crippen molar-refractivity contribution in [2.75, 3.05) is 5.32 Å². The van der Waals surface area contributed by atoms with Gasteiger partial charge in [-0.2, -0.15) is 5.10 Å². The molecule has 2 heterocycles. The Morgan fingerprint density at radius 1 is 1.33 bits per heavy atom. The van der Waals surface area contributed by atoms with Crippen molar-refractivity contribution < 1.29 is 4.79 Å². The Bertz CT molecular complexity index is 792. The van der Waals surface area contributed by atoms with Crippen LogP contribution in [-0.4, -0.2) is 26.1 Å². The van der Waals surface area contributed by atoms with Crippen molar-refractivity contribution in [1.82, 2.24) is 20.2 Å². The number of carbonyl (C=O) groups excluding carboxylic acids is 1. The number of aryl methyl sites for hydroxylation is 2. The summed E-state index contributed by atoms with van der Waals surface area (Å²) in [4.78, 5) is 21.1. The van der Waals surface area contributed by atoms with Crippen LogP contribution in [0.5, 0.6) is 0 Å². The molecule has 106 valence electrons. The molecule has 0 aliphatic rings. The Labute approximate surface area is 125 Å². The number of rotatable bonds is 3. The molecule has 0 unspecified atom stereocenters. The van der Waals surface area contributed by atoms with Gasteiger partial charge >= 0.3 is 0 Å². The van der Waals surface area contributed by atoms with E-state index in [9.17, 15) is 4.79 Å². The lowest BCUT2D eigenvalue weighted by molar-refractivity contribution is 0.103. The number of nitrogens with zero attached hydrogens (tertiary/aromatic N) is 3. The molecular weight excluding hydrogens is 286 g/mol. The molecule has 0 saturated carbocycles. The van der Waals surface area contributed by atoms with Gasteiger partial charge in [0, 0.05) is 11.3 Å². The maximum Gasteiger partial charge on any atom is 0.267 e. The summed E-state index contributed by atoms with van der Waals surface area (Å²) in [5, 5.41) is 9.78. The zero-order valence-electron chi connectivity index (χ0n) is 11.5. The molecule has 1 amide bonds. The topological polar surface area (TPSA) is 83.6 Å². The number of aromatic amines is 1. The Hall–Kier alpha value is -2.54. The standard InChI is InChI=1S/C14H13N5OS/c1-8-12(21-7-15-8)14(20)17-11-5-3-4-10(6-11)13-16-9(2)18-19-13/h3-7H,1-2H3,(H,17,20)(H,16,18,19). The van der Waals surface area contributed by atoms with Gasteiger partial charge in [0.2, 0.25) is 0 Å². The third-order valence-electron chi connectivity index (χ3n) is 2.93. The van der Waals surface area contributed by atoms with Crippen molar-refractivity contribution >= 4 is 22.9 Å². The van der Waals surface area contributed by atoms with Gasteiger partial charge in [-0.1, -0.05) is 12.1 Å². The largest absolute Gasteiger partial charge is 0.321 e. The average molecular weight is 299 g/mol. The van der Waals surface area contributed by atoms with E-state index in [1.807, 2.05) is 38.1 Å². The Morgan fingerprint density at radius 3 is 2.86 bits per heavy atom. The average Bonchev–Trinajstić information content (AvgIpc) is 3.08. The second-order valence-corrected chi connectivity index (χ2v) is 5.40. The SMILES string of the molecule is Cc1nc(-c2cccc(NC(=O)c3scnc3C)c2)n[nH]1. The van der Waals surface area contributed by atoms with E-state index >= 15 is 0 Å². The second-order valence-electron chi connectivity index (χ2n) is 4.55. The smallest absolute Gasteiger partial charge is 0.267 e. The first-order chi connectivity index (χ1) is 10.1. The fraction of sp³-hybridized carbons (Fsp3) is 0.143. The van der Waals surface area contributed by atoms with Gasteiger partial charge in [0.1, 0.15) is 10.7 Å². The van der Waals surface area contributed by atoms with Crippen molar-refractivity contribution in [1.29, 1.82) is 0 Å². The molecule has 2 N–H and O–H groups in total. The van der Waals surface area contributed by atoms with Crippen LogP contribution in [0.15, 0.2) is 29.8 Å². The molecule has 0 bridgehead atoms. The van der Waals surface area contributed by atoms with Crippen LogP contribution in [0.4, 0.5) is 5.69 Å². The summed E-state index contributed by atoms with van der Waals surface area (Å²) in [5.41, 5.74) is 3.95. The Morgan fingerprint density at radius 2 is 2.19 bits per heavy atom. The van der Waals surface area contributed by atoms with E-state index in [-0.39, 0.29) is 5.91 Å². The summed E-state index contributed by atoms with van der Waals surface area (Å²) in [5.74, 6) is 1.20. The summed E-state index contributed by atoms with van der Waals surface area (Å²) >= 11 is 1.33. The number of H-pyrrole nitrogens is 1. The number of hydrogen-bond acceptors (Lipinski definition) is 5. The summed E-state index contributed by atoms with van der Waals surface area (Å²) in [6.45, 7) is 3.66. The van der Waals surface area contributed by atoms with Crippen molar-refractivity contribution in [3.05, 3.63) is 46.2 Å². The number of carbonyl (C=O) groups is 1. The van der Waals surface area contributed by atoms with E-state index in [0.29, 0.717) is 16.4 Å². The van der Waals surface area contributed by atoms with E-state index in [4.69, 9.17) is 0 Å². The molecule has 6 nitrogen and oxygen atoms in total. The predicted molar refractivity (Wildman–Crippen MR) is 81.4 cm³/mol. The number of thiazole rings is 1. The quantitative estimate of drug-likeness (QED) is 0.779. The van der Waals surface area contributed by atoms with Crippen molar-refractivity contribution in [2.45, 2.75) is 13.8 Å². The normalized spacial score (nSPS) is 10.6. The highest BCUT2D eigenvalue weighted by Crippen LogP contribution is 2.21. The molecular formula is C14H13N5OS. The molecule has 0 radical (unpaired) electrons. The summed E-state index contributed by atoms with van der Waals surface area (Å²) < 4.78 is 0. The minimum atomic E-state index is -0.154. The lowest BCUT2D eigenvalue weighted by Gasteiger charge is -2.05. The molecule has 0 saturated heterocycles. The minimum absolute atomic E-state index is 0.154. The summed E-state index contributed by atoms with van der Waals surface area (Å²) in [7, 11) is 0. The van der Waals surface area contributed by atoms with Gasteiger partial charge in [-0.15, -0.1) is 11.3 Å². The molecule has 3 rings (SSSR count). The first-order valence-corrected chi connectivity index (χ1v) is 7.22. The first kappa shape index (κ1) is 13.4. The zero-order chi connectivity index (χ0) is 14.8. The third kappa shape index (κ3) is 2.82. The van der Waals surface area contributed by atoms with Crippen LogP contribution in [0.2, 0.25) is 0 Å². The molecule has 0 aliphatic carbocycles. The van der Waals surface area contributed by atoms with Crippen LogP contribution < -0.4 is 5.32 Å². The van der Waals surface area contributed by atoms with Crippen molar-refractivity contribution in [2.24, 2.45) is 0 Å². The highest BCUT2D eigenvalue weighted by atomic mass is 32.1. The summed E-state index contributed by atoms with van der Waals surface area (Å²) in [6, 6.07) is 7.43. The second kappa shape index (κ2) is 5.45. The van der Waals surface area contributed by atoms with Crippen LogP contribution >= 0.6 is 11.3 Å². The van der Waals surface area contributed by atoms with Gasteiger partial charge in [0.05, 0.1) is 11.2 Å². The molecule has 0 fully saturated rings. The van der Waals surface area contributed by atoms with E-state index in [1.165, 1.54) is 11.3 Å². The molecule has 0 spiro atoms. The third-order valence-corrected chi connectivity index (χ3v) is 3.85. The maximum absolute atomic E-state index is 12.2. The molecule has 1 aromatic carbocycles. The number of nitrogens with one attached hydrogen (secondary N) is 2. The molecule has 7 heteroatoms. The van der Waals surface area contributed by atoms with Crippen LogP contribution in [-0.2, 0) is 0 Å². The van der Waals surface area contributed by atoms with E-state index in [1.54, 1.807) is 5.51 Å². The number of benzene rings is 1. The van der Waals surface area contributed by atoms with E-state index in [2.05, 4.69) is 25.5 Å². The van der Waals surface area contributed by atoms with Gasteiger partial charge in [0.25, 0.3) is 5.91 Å². The Kier molecular flexibility index (Phi) is 3.49. The molecule has 0 atom stereocenters. The van der Waals surface area contributed by atoms with E-state index in [0.717, 1.165) is 17.1 Å². The van der Waals surface area contributed by atoms with Gasteiger partial charge in [-0.25, -0.2) is 9.97 Å². The zero-order valence-corrected chi connectivity index (χ0v) is 12.4. The van der Waals surface area contributed by atoms with Gasteiger partial charge < -0.3 is 5.32 Å². The van der Waals surface area contributed by atoms with Gasteiger partial charge in [-0.05, 0) is 26.0 Å². The number of aromatic nitrogens is 4. The summed E-state index contributed by atoms with van der Waals surface area (Å²) in [6.07, 6.45) is 0. The van der Waals surface area contributed by atoms with Crippen LogP contribution in [0.25, 0.3) is 11.4 Å². The highest BCUT2D eigenvalue weighted by molar-refractivity contribution is 7.12. The van der Waals surface area contributed by atoms with Crippen molar-refractivity contribution in [3.63, 3.8) is 0 Å². The highest BCUT2D eigenvalue weighted by Gasteiger charge is 2.12. The predicted octanol–water partition coefficient (Wildman–Crippen LogP) is 2.80. The van der Waals surface area contributed by atoms with Gasteiger partial charge in [-0.3, -0.25) is 9.89 Å². The number of hydrogen-bond donors (Lipinski definition) is 2. The fourth-order valence-electron chi connectivity index (χ4n) is 1.92. The first-order valence-electron chi connectivity index (χ1n) is 6.34. The van der Waals surface area contributed by atoms with Crippen molar-refractivity contribution in [3.8, 4) is 11.4 Å². The van der Waals surface area contributed by atoms with Crippen LogP contribution in [0, 0.1) is 13.8 Å². The van der Waals surface area contributed by atoms with Crippen LogP contribution in [0.1, 0.15) is 21.2 Å². The molecule has 21 heavy (non-hydrogen) atoms. The van der Waals surface area contributed by atoms with E-state index < -0.39 is 0 Å². The molecule has 2 aromatic heterocycles. The lowest BCUT2D eigenvalue weighted by atomic mass is 10.2. The van der Waals surface area contributed by atoms with Crippen LogP contribution in [0.3, 0.4) is 0 Å². The molecule has 0 aliphatic heterocycles. The minimum Gasteiger partial charge on any atom is -0.321 e. The maximum atomic E-state index is 12.2. The Balaban J connectivity index is 1.84. The number of amides is 1. The fourth-order valence-corrected chi connectivity index (χ4v) is 2.61. The lowest BCUT2D eigenvalue weighted by Crippen LogP contribution is -2.11. The van der Waals surface area contributed by atoms with Gasteiger partial charge in [0.15, 0.2) is 5.82 Å². The molecule has 3 aromatic rings. The number of anilines is 1.